The third-order valence-electron chi connectivity index (χ3n) is 3.16. The lowest BCUT2D eigenvalue weighted by Gasteiger charge is -2.26. The molecule has 0 radical (unpaired) electrons. The maximum absolute atomic E-state index is 11.9. The summed E-state index contributed by atoms with van der Waals surface area (Å²) in [5.41, 5.74) is 0. The highest BCUT2D eigenvalue weighted by molar-refractivity contribution is 9.10. The third-order valence-corrected chi connectivity index (χ3v) is 4.99. The zero-order chi connectivity index (χ0) is 13.7. The van der Waals surface area contributed by atoms with Gasteiger partial charge in [-0.05, 0) is 46.6 Å². The fourth-order valence-corrected chi connectivity index (χ4v) is 3.59. The van der Waals surface area contributed by atoms with Crippen LogP contribution in [0.1, 0.15) is 35.4 Å². The summed E-state index contributed by atoms with van der Waals surface area (Å²) in [6, 6.07) is 1.85. The highest BCUT2D eigenvalue weighted by Gasteiger charge is 2.17. The van der Waals surface area contributed by atoms with Crippen molar-refractivity contribution in [3.63, 3.8) is 0 Å². The van der Waals surface area contributed by atoms with Crippen LogP contribution in [0.5, 0.6) is 0 Å². The molecule has 0 atom stereocenters. The predicted molar refractivity (Wildman–Crippen MR) is 79.4 cm³/mol. The van der Waals surface area contributed by atoms with Crippen molar-refractivity contribution < 1.29 is 9.59 Å². The fraction of sp³-hybridized carbons (Fsp3) is 0.538. The Kier molecular flexibility index (Phi) is 5.39. The summed E-state index contributed by atoms with van der Waals surface area (Å²) in [7, 11) is 0. The van der Waals surface area contributed by atoms with E-state index >= 15 is 0 Å². The number of nitrogens with zero attached hydrogens (tertiary/aromatic N) is 1. The number of hydrogen-bond donors (Lipinski definition) is 1. The van der Waals surface area contributed by atoms with Gasteiger partial charge in [-0.3, -0.25) is 9.59 Å². The van der Waals surface area contributed by atoms with Crippen LogP contribution in [0.4, 0.5) is 0 Å². The van der Waals surface area contributed by atoms with Gasteiger partial charge in [0.15, 0.2) is 0 Å². The van der Waals surface area contributed by atoms with Crippen LogP contribution in [-0.2, 0) is 4.79 Å². The number of amides is 2. The van der Waals surface area contributed by atoms with Crippen LogP contribution in [0.3, 0.4) is 0 Å². The smallest absolute Gasteiger partial charge is 0.262 e. The molecule has 2 amide bonds. The van der Waals surface area contributed by atoms with Gasteiger partial charge >= 0.3 is 0 Å². The van der Waals surface area contributed by atoms with E-state index in [1.54, 1.807) is 0 Å². The van der Waals surface area contributed by atoms with E-state index in [4.69, 9.17) is 0 Å². The standard InChI is InChI=1S/C13H17BrN2O2S/c14-10-5-9-19-12(10)13(18)15-6-4-11(17)16-7-2-1-3-8-16/h5,9H,1-4,6-8H2,(H,15,18). The van der Waals surface area contributed by atoms with Gasteiger partial charge in [-0.15, -0.1) is 11.3 Å². The lowest BCUT2D eigenvalue weighted by atomic mass is 10.1. The van der Waals surface area contributed by atoms with E-state index in [9.17, 15) is 9.59 Å². The summed E-state index contributed by atoms with van der Waals surface area (Å²) < 4.78 is 0.803. The topological polar surface area (TPSA) is 49.4 Å². The molecule has 1 aromatic heterocycles. The second-order valence-corrected chi connectivity index (χ2v) is 6.32. The van der Waals surface area contributed by atoms with Crippen molar-refractivity contribution in [2.24, 2.45) is 0 Å². The summed E-state index contributed by atoms with van der Waals surface area (Å²) in [6.07, 6.45) is 3.79. The maximum atomic E-state index is 11.9. The Morgan fingerprint density at radius 2 is 2.05 bits per heavy atom. The number of nitrogens with one attached hydrogen (secondary N) is 1. The van der Waals surface area contributed by atoms with Crippen molar-refractivity contribution in [1.82, 2.24) is 10.2 Å². The van der Waals surface area contributed by atoms with E-state index in [2.05, 4.69) is 21.2 Å². The summed E-state index contributed by atoms with van der Waals surface area (Å²) >= 11 is 4.71. The number of thiophene rings is 1. The largest absolute Gasteiger partial charge is 0.351 e. The average Bonchev–Trinajstić information content (AvgIpc) is 2.86. The van der Waals surface area contributed by atoms with Crippen LogP contribution in [0.25, 0.3) is 0 Å². The predicted octanol–water partition coefficient (Wildman–Crippen LogP) is 2.64. The molecule has 0 aliphatic carbocycles. The molecule has 4 nitrogen and oxygen atoms in total. The molecular weight excluding hydrogens is 328 g/mol. The van der Waals surface area contributed by atoms with Gasteiger partial charge < -0.3 is 10.2 Å². The van der Waals surface area contributed by atoms with Gasteiger partial charge in [-0.1, -0.05) is 0 Å². The van der Waals surface area contributed by atoms with Crippen LogP contribution in [0.15, 0.2) is 15.9 Å². The first-order valence-corrected chi connectivity index (χ1v) is 8.14. The molecule has 2 heterocycles. The van der Waals surface area contributed by atoms with Crippen LogP contribution in [0.2, 0.25) is 0 Å². The van der Waals surface area contributed by atoms with Crippen LogP contribution >= 0.6 is 27.3 Å². The Bertz CT molecular complexity index is 455. The van der Waals surface area contributed by atoms with Crippen LogP contribution in [0, 0.1) is 0 Å². The number of carbonyl (C=O) groups is 2. The minimum absolute atomic E-state index is 0.117. The van der Waals surface area contributed by atoms with Gasteiger partial charge in [-0.2, -0.15) is 0 Å². The Morgan fingerprint density at radius 3 is 2.68 bits per heavy atom. The van der Waals surface area contributed by atoms with Crippen molar-refractivity contribution >= 4 is 39.1 Å². The van der Waals surface area contributed by atoms with E-state index in [-0.39, 0.29) is 11.8 Å². The second kappa shape index (κ2) is 7.05. The Morgan fingerprint density at radius 1 is 1.32 bits per heavy atom. The Labute approximate surface area is 125 Å². The minimum atomic E-state index is -0.117. The van der Waals surface area contributed by atoms with Crippen LogP contribution in [-0.4, -0.2) is 36.3 Å². The monoisotopic (exact) mass is 344 g/mol. The van der Waals surface area contributed by atoms with Crippen molar-refractivity contribution in [3.8, 4) is 0 Å². The quantitative estimate of drug-likeness (QED) is 0.912. The number of rotatable bonds is 4. The molecular formula is C13H17BrN2O2S. The summed E-state index contributed by atoms with van der Waals surface area (Å²) in [4.78, 5) is 26.3. The number of likely N-dealkylation sites (tertiary alicyclic amines) is 1. The molecule has 1 aliphatic rings. The second-order valence-electron chi connectivity index (χ2n) is 4.55. The average molecular weight is 345 g/mol. The summed E-state index contributed by atoms with van der Waals surface area (Å²) in [5.74, 6) is 0.0264. The molecule has 6 heteroatoms. The van der Waals surface area contributed by atoms with Gasteiger partial charge in [0, 0.05) is 30.5 Å². The molecule has 0 aromatic carbocycles. The molecule has 1 saturated heterocycles. The van der Waals surface area contributed by atoms with E-state index in [1.807, 2.05) is 16.3 Å². The third kappa shape index (κ3) is 4.04. The lowest BCUT2D eigenvalue weighted by molar-refractivity contribution is -0.131. The zero-order valence-corrected chi connectivity index (χ0v) is 13.1. The SMILES string of the molecule is O=C(NCCC(=O)N1CCCCC1)c1sccc1Br. The summed E-state index contributed by atoms with van der Waals surface area (Å²) in [6.45, 7) is 2.13. The number of piperidine rings is 1. The van der Waals surface area contributed by atoms with Gasteiger partial charge in [0.1, 0.15) is 4.88 Å². The number of hydrogen-bond acceptors (Lipinski definition) is 3. The first-order chi connectivity index (χ1) is 9.18. The van der Waals surface area contributed by atoms with Gasteiger partial charge in [0.05, 0.1) is 0 Å². The molecule has 0 spiro atoms. The number of halogens is 1. The fourth-order valence-electron chi connectivity index (χ4n) is 2.12. The van der Waals surface area contributed by atoms with Gasteiger partial charge in [0.2, 0.25) is 5.91 Å². The molecule has 0 unspecified atom stereocenters. The molecule has 1 fully saturated rings. The van der Waals surface area contributed by atoms with Crippen molar-refractivity contribution in [2.45, 2.75) is 25.7 Å². The Hall–Kier alpha value is -0.880. The van der Waals surface area contributed by atoms with Crippen molar-refractivity contribution in [1.29, 1.82) is 0 Å². The van der Waals surface area contributed by atoms with Crippen LogP contribution < -0.4 is 5.32 Å². The first kappa shape index (κ1) is 14.5. The molecule has 0 saturated carbocycles. The Balaban J connectivity index is 1.73. The molecule has 1 aromatic rings. The van der Waals surface area contributed by atoms with Gasteiger partial charge in [-0.25, -0.2) is 0 Å². The molecule has 104 valence electrons. The maximum Gasteiger partial charge on any atom is 0.262 e. The van der Waals surface area contributed by atoms with Gasteiger partial charge in [0.25, 0.3) is 5.91 Å². The first-order valence-electron chi connectivity index (χ1n) is 6.47. The van der Waals surface area contributed by atoms with E-state index in [1.165, 1.54) is 17.8 Å². The zero-order valence-electron chi connectivity index (χ0n) is 10.7. The highest BCUT2D eigenvalue weighted by atomic mass is 79.9. The molecule has 0 bridgehead atoms. The van der Waals surface area contributed by atoms with E-state index in [0.717, 1.165) is 30.4 Å². The minimum Gasteiger partial charge on any atom is -0.351 e. The van der Waals surface area contributed by atoms with E-state index in [0.29, 0.717) is 17.8 Å². The summed E-state index contributed by atoms with van der Waals surface area (Å²) in [5, 5.41) is 4.65. The van der Waals surface area contributed by atoms with E-state index < -0.39 is 0 Å². The normalized spacial score (nSPS) is 15.3. The molecule has 19 heavy (non-hydrogen) atoms. The molecule has 2 rings (SSSR count). The lowest BCUT2D eigenvalue weighted by Crippen LogP contribution is -2.37. The van der Waals surface area contributed by atoms with Crippen molar-refractivity contribution in [2.75, 3.05) is 19.6 Å². The number of carbonyl (C=O) groups excluding carboxylic acids is 2. The molecule has 1 aliphatic heterocycles. The van der Waals surface area contributed by atoms with Crippen molar-refractivity contribution in [3.05, 3.63) is 20.8 Å². The highest BCUT2D eigenvalue weighted by Crippen LogP contribution is 2.22. The molecule has 1 N–H and O–H groups in total.